The summed E-state index contributed by atoms with van der Waals surface area (Å²) in [4.78, 5) is 35.2. The molecule has 0 aliphatic heterocycles. The van der Waals surface area contributed by atoms with Crippen LogP contribution in [0.15, 0.2) is 70.0 Å². The van der Waals surface area contributed by atoms with Crippen molar-refractivity contribution in [3.8, 4) is 11.3 Å². The fraction of sp³-hybridized carbons (Fsp3) is 0.320. The summed E-state index contributed by atoms with van der Waals surface area (Å²) in [5.41, 5.74) is 2.31. The topological polar surface area (TPSA) is 89.4 Å². The second-order valence-corrected chi connectivity index (χ2v) is 7.98. The lowest BCUT2D eigenvalue weighted by atomic mass is 9.93. The average Bonchev–Trinajstić information content (AvgIpc) is 3.75. The number of aromatic amines is 1. The molecule has 2 aliphatic carbocycles. The van der Waals surface area contributed by atoms with E-state index in [4.69, 9.17) is 9.26 Å². The number of benzene rings is 2. The van der Waals surface area contributed by atoms with E-state index in [0.29, 0.717) is 17.2 Å². The predicted octanol–water partition coefficient (Wildman–Crippen LogP) is 4.58. The average molecular weight is 419 g/mol. The molecular formula is C25H25NO5. The minimum atomic E-state index is -0.604. The van der Waals surface area contributed by atoms with Gasteiger partial charge in [0, 0.05) is 11.1 Å². The van der Waals surface area contributed by atoms with Gasteiger partial charge in [0.2, 0.25) is 0 Å². The zero-order chi connectivity index (χ0) is 21.8. The molecule has 1 aromatic heterocycles. The summed E-state index contributed by atoms with van der Waals surface area (Å²) in [5.74, 6) is 0.171. The van der Waals surface area contributed by atoms with Crippen LogP contribution in [0, 0.1) is 11.8 Å². The van der Waals surface area contributed by atoms with Crippen LogP contribution in [0.4, 0.5) is 0 Å². The number of carbonyl (C=O) groups excluding carboxylic acids is 2. The van der Waals surface area contributed by atoms with Crippen LogP contribution in [0.5, 0.6) is 0 Å². The van der Waals surface area contributed by atoms with E-state index in [1.165, 1.54) is 7.11 Å². The first kappa shape index (κ1) is 20.8. The van der Waals surface area contributed by atoms with Gasteiger partial charge in [-0.25, -0.2) is 0 Å². The van der Waals surface area contributed by atoms with Gasteiger partial charge in [-0.1, -0.05) is 60.7 Å². The number of hydrogen-bond donors (Lipinski definition) is 1. The number of methoxy groups -OCH3 is 1. The number of carbonyl (C=O) groups is 2. The quantitative estimate of drug-likeness (QED) is 0.359. The number of Topliss-reactive ketones (excluding diaryl/α,β-unsaturated/α-hetero) is 1. The molecule has 31 heavy (non-hydrogen) atoms. The molecule has 1 N–H and O–H groups in total. The van der Waals surface area contributed by atoms with Crippen LogP contribution in [-0.2, 0) is 9.53 Å². The molecule has 0 spiro atoms. The third-order valence-electron chi connectivity index (χ3n) is 5.65. The van der Waals surface area contributed by atoms with Crippen molar-refractivity contribution in [1.29, 1.82) is 0 Å². The van der Waals surface area contributed by atoms with Gasteiger partial charge in [-0.15, -0.1) is 0 Å². The van der Waals surface area contributed by atoms with Gasteiger partial charge in [-0.05, 0) is 37.5 Å². The molecule has 5 rings (SSSR count). The molecule has 2 saturated carbocycles. The highest BCUT2D eigenvalue weighted by Crippen LogP contribution is 2.42. The Morgan fingerprint density at radius 1 is 0.968 bits per heavy atom. The first-order valence-corrected chi connectivity index (χ1v) is 10.5. The first-order chi connectivity index (χ1) is 15.1. The van der Waals surface area contributed by atoms with Crippen molar-refractivity contribution in [2.45, 2.75) is 31.6 Å². The number of rotatable bonds is 6. The zero-order valence-electron chi connectivity index (χ0n) is 17.4. The Kier molecular flexibility index (Phi) is 6.16. The van der Waals surface area contributed by atoms with E-state index in [1.807, 2.05) is 36.4 Å². The molecule has 6 nitrogen and oxygen atoms in total. The van der Waals surface area contributed by atoms with Gasteiger partial charge < -0.3 is 9.26 Å². The highest BCUT2D eigenvalue weighted by molar-refractivity contribution is 6.09. The number of ketones is 1. The summed E-state index contributed by atoms with van der Waals surface area (Å²) in [7, 11) is 1.33. The van der Waals surface area contributed by atoms with Crippen LogP contribution in [0.2, 0.25) is 0 Å². The molecule has 0 amide bonds. The van der Waals surface area contributed by atoms with Crippen molar-refractivity contribution >= 4 is 11.8 Å². The maximum Gasteiger partial charge on any atom is 0.316 e. The summed E-state index contributed by atoms with van der Waals surface area (Å²) in [6.07, 6.45) is 4.08. The van der Waals surface area contributed by atoms with Crippen molar-refractivity contribution in [3.63, 3.8) is 0 Å². The van der Waals surface area contributed by atoms with E-state index in [1.54, 1.807) is 24.3 Å². The maximum absolute atomic E-state index is 12.1. The largest absolute Gasteiger partial charge is 0.468 e. The zero-order valence-corrected chi connectivity index (χ0v) is 17.4. The molecule has 0 bridgehead atoms. The van der Waals surface area contributed by atoms with Gasteiger partial charge in [0.1, 0.15) is 5.92 Å². The van der Waals surface area contributed by atoms with Gasteiger partial charge in [-0.2, -0.15) is 5.16 Å². The standard InChI is InChI=1S/C13H14O3.C12H11NO2/c1-16-13(15)11(9-7-8-9)12(14)10-5-3-2-4-6-10;14-12-10(8-6-7-8)11(15-13-12)9-4-2-1-3-5-9/h2-6,9,11H,7-8H2,1H3;1-5,8H,6-7H2,(H,13,14). The van der Waals surface area contributed by atoms with E-state index < -0.39 is 11.9 Å². The van der Waals surface area contributed by atoms with Crippen molar-refractivity contribution in [1.82, 2.24) is 5.16 Å². The number of ether oxygens (including phenoxy) is 1. The van der Waals surface area contributed by atoms with Crippen LogP contribution in [0.25, 0.3) is 11.3 Å². The molecule has 160 valence electrons. The number of esters is 1. The Balaban J connectivity index is 0.000000149. The van der Waals surface area contributed by atoms with Crippen molar-refractivity contribution < 1.29 is 18.8 Å². The van der Waals surface area contributed by atoms with Crippen molar-refractivity contribution in [2.24, 2.45) is 11.8 Å². The summed E-state index contributed by atoms with van der Waals surface area (Å²) in [6.45, 7) is 0. The molecule has 2 aliphatic rings. The smallest absolute Gasteiger partial charge is 0.316 e. The Morgan fingerprint density at radius 3 is 2.13 bits per heavy atom. The van der Waals surface area contributed by atoms with Gasteiger partial charge in [0.15, 0.2) is 11.5 Å². The second-order valence-electron chi connectivity index (χ2n) is 7.98. The van der Waals surface area contributed by atoms with E-state index in [9.17, 15) is 14.4 Å². The van der Waals surface area contributed by atoms with Crippen molar-refractivity contribution in [3.05, 3.63) is 82.1 Å². The fourth-order valence-electron chi connectivity index (χ4n) is 3.71. The molecule has 2 fully saturated rings. The Bertz CT molecular complexity index is 1090. The number of aromatic nitrogens is 1. The fourth-order valence-corrected chi connectivity index (χ4v) is 3.71. The Labute approximate surface area is 180 Å². The molecule has 1 unspecified atom stereocenters. The molecular weight excluding hydrogens is 394 g/mol. The minimum Gasteiger partial charge on any atom is -0.468 e. The lowest BCUT2D eigenvalue weighted by Crippen LogP contribution is -2.27. The highest BCUT2D eigenvalue weighted by Gasteiger charge is 2.42. The molecule has 0 saturated heterocycles. The summed E-state index contributed by atoms with van der Waals surface area (Å²) in [6, 6.07) is 18.7. The third kappa shape index (κ3) is 4.85. The summed E-state index contributed by atoms with van der Waals surface area (Å²) >= 11 is 0. The predicted molar refractivity (Wildman–Crippen MR) is 116 cm³/mol. The maximum atomic E-state index is 12.1. The van der Waals surface area contributed by atoms with Crippen LogP contribution >= 0.6 is 0 Å². The summed E-state index contributed by atoms with van der Waals surface area (Å²) in [5, 5.41) is 2.43. The first-order valence-electron chi connectivity index (χ1n) is 10.5. The molecule has 6 heteroatoms. The lowest BCUT2D eigenvalue weighted by molar-refractivity contribution is -0.144. The van der Waals surface area contributed by atoms with Gasteiger partial charge in [-0.3, -0.25) is 14.4 Å². The van der Waals surface area contributed by atoms with Gasteiger partial charge in [0.05, 0.1) is 12.7 Å². The normalized spacial score (nSPS) is 16.0. The van der Waals surface area contributed by atoms with E-state index >= 15 is 0 Å². The van der Waals surface area contributed by atoms with Crippen LogP contribution in [0.3, 0.4) is 0 Å². The molecule has 2 aromatic carbocycles. The molecule has 1 heterocycles. The number of nitrogens with one attached hydrogen (secondary N) is 1. The SMILES string of the molecule is COC(=O)C(C(=O)c1ccccc1)C1CC1.O=c1[nH]oc(-c2ccccc2)c1C1CC1. The van der Waals surface area contributed by atoms with E-state index in [2.05, 4.69) is 5.16 Å². The minimum absolute atomic E-state index is 0.0728. The summed E-state index contributed by atoms with van der Waals surface area (Å²) < 4.78 is 9.94. The number of hydrogen-bond acceptors (Lipinski definition) is 5. The van der Waals surface area contributed by atoms with Gasteiger partial charge >= 0.3 is 5.97 Å². The third-order valence-corrected chi connectivity index (χ3v) is 5.65. The van der Waals surface area contributed by atoms with E-state index in [-0.39, 0.29) is 17.3 Å². The number of H-pyrrole nitrogens is 1. The van der Waals surface area contributed by atoms with Crippen molar-refractivity contribution in [2.75, 3.05) is 7.11 Å². The Hall–Kier alpha value is -3.41. The molecule has 1 atom stereocenters. The van der Waals surface area contributed by atoms with E-state index in [0.717, 1.165) is 36.8 Å². The Morgan fingerprint density at radius 2 is 1.58 bits per heavy atom. The lowest BCUT2D eigenvalue weighted by Gasteiger charge is -2.12. The molecule has 0 radical (unpaired) electrons. The van der Waals surface area contributed by atoms with Crippen LogP contribution in [-0.4, -0.2) is 24.0 Å². The van der Waals surface area contributed by atoms with Gasteiger partial charge in [0.25, 0.3) is 5.56 Å². The van der Waals surface area contributed by atoms with Crippen LogP contribution in [0.1, 0.15) is 47.5 Å². The van der Waals surface area contributed by atoms with Crippen LogP contribution < -0.4 is 5.56 Å². The second kappa shape index (κ2) is 9.16. The molecule has 3 aromatic rings. The monoisotopic (exact) mass is 419 g/mol. The highest BCUT2D eigenvalue weighted by atomic mass is 16.5.